The largest absolute Gasteiger partial charge is 0.355 e. The van der Waals surface area contributed by atoms with Gasteiger partial charge in [-0.1, -0.05) is 31.5 Å². The van der Waals surface area contributed by atoms with E-state index in [1.54, 1.807) is 0 Å². The standard InChI is InChI=1S/C16H17ClN2O/c1-11(2)16(20)19-14-8-6-13(7-9-14)18-15-5-3-4-12(17)10-15/h3-11,18H,1-2H3,(H,19,20). The molecule has 0 aliphatic rings. The van der Waals surface area contributed by atoms with E-state index in [0.29, 0.717) is 5.02 Å². The fourth-order valence-corrected chi connectivity index (χ4v) is 1.85. The quantitative estimate of drug-likeness (QED) is 0.858. The number of amides is 1. The summed E-state index contributed by atoms with van der Waals surface area (Å²) < 4.78 is 0. The summed E-state index contributed by atoms with van der Waals surface area (Å²) in [6.45, 7) is 3.73. The van der Waals surface area contributed by atoms with Gasteiger partial charge < -0.3 is 10.6 Å². The molecule has 0 atom stereocenters. The average Bonchev–Trinajstić information content (AvgIpc) is 2.41. The minimum atomic E-state index is -0.0285. The topological polar surface area (TPSA) is 41.1 Å². The number of nitrogens with one attached hydrogen (secondary N) is 2. The molecule has 20 heavy (non-hydrogen) atoms. The van der Waals surface area contributed by atoms with Crippen molar-refractivity contribution in [2.24, 2.45) is 5.92 Å². The van der Waals surface area contributed by atoms with Crippen molar-refractivity contribution >= 4 is 34.6 Å². The van der Waals surface area contributed by atoms with Gasteiger partial charge in [0.1, 0.15) is 0 Å². The molecule has 104 valence electrons. The molecule has 2 aromatic rings. The molecule has 0 bridgehead atoms. The zero-order valence-electron chi connectivity index (χ0n) is 11.5. The first-order valence-electron chi connectivity index (χ1n) is 6.48. The van der Waals surface area contributed by atoms with Crippen molar-refractivity contribution in [3.05, 3.63) is 53.6 Å². The van der Waals surface area contributed by atoms with Gasteiger partial charge in [0, 0.05) is 28.0 Å². The molecule has 0 aliphatic carbocycles. The molecule has 3 nitrogen and oxygen atoms in total. The van der Waals surface area contributed by atoms with Gasteiger partial charge in [0.15, 0.2) is 0 Å². The molecule has 0 radical (unpaired) electrons. The van der Waals surface area contributed by atoms with Gasteiger partial charge in [-0.2, -0.15) is 0 Å². The highest BCUT2D eigenvalue weighted by Crippen LogP contribution is 2.21. The van der Waals surface area contributed by atoms with Gasteiger partial charge >= 0.3 is 0 Å². The Labute approximate surface area is 124 Å². The summed E-state index contributed by atoms with van der Waals surface area (Å²) in [5.41, 5.74) is 2.66. The van der Waals surface area contributed by atoms with E-state index in [9.17, 15) is 4.79 Å². The molecule has 0 fully saturated rings. The van der Waals surface area contributed by atoms with E-state index in [-0.39, 0.29) is 11.8 Å². The molecule has 0 unspecified atom stereocenters. The van der Waals surface area contributed by atoms with Crippen LogP contribution >= 0.6 is 11.6 Å². The van der Waals surface area contributed by atoms with Crippen molar-refractivity contribution < 1.29 is 4.79 Å². The Bertz CT molecular complexity index is 594. The first-order valence-corrected chi connectivity index (χ1v) is 6.86. The normalized spacial score (nSPS) is 10.4. The van der Waals surface area contributed by atoms with Crippen LogP contribution in [0.4, 0.5) is 17.1 Å². The van der Waals surface area contributed by atoms with E-state index in [1.807, 2.05) is 62.4 Å². The summed E-state index contributed by atoms with van der Waals surface area (Å²) in [7, 11) is 0. The van der Waals surface area contributed by atoms with Crippen LogP contribution < -0.4 is 10.6 Å². The highest BCUT2D eigenvalue weighted by molar-refractivity contribution is 6.30. The summed E-state index contributed by atoms with van der Waals surface area (Å²) in [5.74, 6) is -0.0141. The zero-order chi connectivity index (χ0) is 14.5. The van der Waals surface area contributed by atoms with Crippen LogP contribution in [-0.4, -0.2) is 5.91 Å². The van der Waals surface area contributed by atoms with Crippen LogP contribution in [0, 0.1) is 5.92 Å². The smallest absolute Gasteiger partial charge is 0.226 e. The Balaban J connectivity index is 2.03. The lowest BCUT2D eigenvalue weighted by molar-refractivity contribution is -0.118. The van der Waals surface area contributed by atoms with E-state index in [2.05, 4.69) is 10.6 Å². The van der Waals surface area contributed by atoms with Crippen LogP contribution in [-0.2, 0) is 4.79 Å². The van der Waals surface area contributed by atoms with Crippen LogP contribution in [0.1, 0.15) is 13.8 Å². The third kappa shape index (κ3) is 4.00. The van der Waals surface area contributed by atoms with Gasteiger partial charge in [-0.25, -0.2) is 0 Å². The second kappa shape index (κ2) is 6.44. The maximum Gasteiger partial charge on any atom is 0.226 e. The highest BCUT2D eigenvalue weighted by Gasteiger charge is 2.06. The number of carbonyl (C=O) groups excluding carboxylic acids is 1. The van der Waals surface area contributed by atoms with Crippen molar-refractivity contribution in [2.75, 3.05) is 10.6 Å². The van der Waals surface area contributed by atoms with Crippen molar-refractivity contribution in [3.63, 3.8) is 0 Å². The number of benzene rings is 2. The van der Waals surface area contributed by atoms with Crippen LogP contribution in [0.15, 0.2) is 48.5 Å². The van der Waals surface area contributed by atoms with Gasteiger partial charge in [-0.15, -0.1) is 0 Å². The molecule has 2 N–H and O–H groups in total. The molecular formula is C16H17ClN2O. The minimum Gasteiger partial charge on any atom is -0.355 e. The molecule has 2 rings (SSSR count). The third-order valence-corrected chi connectivity index (χ3v) is 3.03. The lowest BCUT2D eigenvalue weighted by Gasteiger charge is -2.10. The molecule has 0 saturated heterocycles. The number of hydrogen-bond donors (Lipinski definition) is 2. The van der Waals surface area contributed by atoms with Crippen molar-refractivity contribution in [2.45, 2.75) is 13.8 Å². The lowest BCUT2D eigenvalue weighted by Crippen LogP contribution is -2.17. The van der Waals surface area contributed by atoms with Gasteiger partial charge in [0.05, 0.1) is 0 Å². The van der Waals surface area contributed by atoms with Crippen molar-refractivity contribution in [1.82, 2.24) is 0 Å². The molecule has 0 aromatic heterocycles. The number of carbonyl (C=O) groups is 1. The molecule has 1 amide bonds. The number of rotatable bonds is 4. The van der Waals surface area contributed by atoms with E-state index < -0.39 is 0 Å². The molecule has 4 heteroatoms. The third-order valence-electron chi connectivity index (χ3n) is 2.79. The van der Waals surface area contributed by atoms with E-state index in [0.717, 1.165) is 17.1 Å². The number of hydrogen-bond acceptors (Lipinski definition) is 2. The van der Waals surface area contributed by atoms with Crippen molar-refractivity contribution in [3.8, 4) is 0 Å². The molecule has 0 aliphatic heterocycles. The second-order valence-corrected chi connectivity index (χ2v) is 5.29. The first kappa shape index (κ1) is 14.4. The van der Waals surface area contributed by atoms with E-state index >= 15 is 0 Å². The second-order valence-electron chi connectivity index (χ2n) is 4.86. The Morgan fingerprint density at radius 1 is 1.00 bits per heavy atom. The monoisotopic (exact) mass is 288 g/mol. The SMILES string of the molecule is CC(C)C(=O)Nc1ccc(Nc2cccc(Cl)c2)cc1. The summed E-state index contributed by atoms with van der Waals surface area (Å²) in [6, 6.07) is 15.1. The molecule has 0 saturated carbocycles. The molecule has 0 spiro atoms. The zero-order valence-corrected chi connectivity index (χ0v) is 12.2. The van der Waals surface area contributed by atoms with Crippen molar-refractivity contribution in [1.29, 1.82) is 0 Å². The number of halogens is 1. The average molecular weight is 289 g/mol. The summed E-state index contributed by atoms with van der Waals surface area (Å²) >= 11 is 5.94. The summed E-state index contributed by atoms with van der Waals surface area (Å²) in [4.78, 5) is 11.6. The van der Waals surface area contributed by atoms with Gasteiger partial charge in [0.25, 0.3) is 0 Å². The van der Waals surface area contributed by atoms with Gasteiger partial charge in [0.2, 0.25) is 5.91 Å². The summed E-state index contributed by atoms with van der Waals surface area (Å²) in [6.07, 6.45) is 0. The Morgan fingerprint density at radius 2 is 1.65 bits per heavy atom. The molecule has 2 aromatic carbocycles. The highest BCUT2D eigenvalue weighted by atomic mass is 35.5. The van der Waals surface area contributed by atoms with E-state index in [1.165, 1.54) is 0 Å². The van der Waals surface area contributed by atoms with E-state index in [4.69, 9.17) is 11.6 Å². The predicted octanol–water partition coefficient (Wildman–Crippen LogP) is 4.68. The van der Waals surface area contributed by atoms with Crippen LogP contribution in [0.3, 0.4) is 0 Å². The number of anilines is 3. The Morgan fingerprint density at radius 3 is 2.25 bits per heavy atom. The van der Waals surface area contributed by atoms with Crippen LogP contribution in [0.5, 0.6) is 0 Å². The van der Waals surface area contributed by atoms with Gasteiger partial charge in [-0.05, 0) is 42.5 Å². The maximum atomic E-state index is 11.6. The molecule has 0 heterocycles. The Kier molecular flexibility index (Phi) is 4.64. The minimum absolute atomic E-state index is 0.0144. The fourth-order valence-electron chi connectivity index (χ4n) is 1.66. The van der Waals surface area contributed by atoms with Crippen LogP contribution in [0.2, 0.25) is 5.02 Å². The predicted molar refractivity (Wildman–Crippen MR) is 84.6 cm³/mol. The summed E-state index contributed by atoms with van der Waals surface area (Å²) in [5, 5.41) is 6.80. The van der Waals surface area contributed by atoms with Crippen LogP contribution in [0.25, 0.3) is 0 Å². The Hall–Kier alpha value is -2.00. The fraction of sp³-hybridized carbons (Fsp3) is 0.188. The van der Waals surface area contributed by atoms with Gasteiger partial charge in [-0.3, -0.25) is 4.79 Å². The molecular weight excluding hydrogens is 272 g/mol. The first-order chi connectivity index (χ1) is 9.54. The maximum absolute atomic E-state index is 11.6. The lowest BCUT2D eigenvalue weighted by atomic mass is 10.2.